The summed E-state index contributed by atoms with van der Waals surface area (Å²) in [5, 5.41) is 2.93. The number of unbranched alkanes of at least 4 members (excludes halogenated alkanes) is 2. The number of amides is 2. The van der Waals surface area contributed by atoms with Gasteiger partial charge in [-0.3, -0.25) is 9.59 Å². The molecule has 0 spiro atoms. The number of rotatable bonds is 9. The number of benzene rings is 1. The van der Waals surface area contributed by atoms with Crippen molar-refractivity contribution in [2.24, 2.45) is 0 Å². The lowest BCUT2D eigenvalue weighted by atomic mass is 10.2. The van der Waals surface area contributed by atoms with Crippen LogP contribution in [0.5, 0.6) is 0 Å². The molecule has 0 saturated carbocycles. The summed E-state index contributed by atoms with van der Waals surface area (Å²) in [6.07, 6.45) is 6.10. The number of carbonyl (C=O) groups is 2. The molecule has 0 bridgehead atoms. The summed E-state index contributed by atoms with van der Waals surface area (Å²) in [6, 6.07) is 8.10. The molecule has 1 heterocycles. The second-order valence-electron chi connectivity index (χ2n) is 6.69. The van der Waals surface area contributed by atoms with Crippen LogP contribution in [0.2, 0.25) is 0 Å². The molecule has 0 aromatic heterocycles. The highest BCUT2D eigenvalue weighted by molar-refractivity contribution is 5.92. The normalized spacial score (nSPS) is 13.8. The van der Waals surface area contributed by atoms with Crippen molar-refractivity contribution in [1.82, 2.24) is 5.32 Å². The number of nitrogens with zero attached hydrogens (tertiary/aromatic N) is 2. The van der Waals surface area contributed by atoms with Crippen molar-refractivity contribution in [2.75, 3.05) is 36.0 Å². The van der Waals surface area contributed by atoms with Crippen LogP contribution in [0, 0.1) is 0 Å². The van der Waals surface area contributed by atoms with E-state index >= 15 is 0 Å². The van der Waals surface area contributed by atoms with E-state index < -0.39 is 0 Å². The van der Waals surface area contributed by atoms with Crippen molar-refractivity contribution in [3.63, 3.8) is 0 Å². The first-order valence-electron chi connectivity index (χ1n) is 9.51. The topological polar surface area (TPSA) is 52.7 Å². The summed E-state index contributed by atoms with van der Waals surface area (Å²) in [7, 11) is 0. The van der Waals surface area contributed by atoms with E-state index in [0.29, 0.717) is 13.0 Å². The van der Waals surface area contributed by atoms with E-state index in [1.807, 2.05) is 12.1 Å². The van der Waals surface area contributed by atoms with Gasteiger partial charge in [0.25, 0.3) is 0 Å². The molecule has 0 unspecified atom stereocenters. The van der Waals surface area contributed by atoms with Gasteiger partial charge in [0.15, 0.2) is 0 Å². The van der Waals surface area contributed by atoms with E-state index in [2.05, 4.69) is 29.3 Å². The molecule has 0 radical (unpaired) electrons. The molecule has 1 aromatic carbocycles. The van der Waals surface area contributed by atoms with E-state index in [1.165, 1.54) is 18.5 Å². The lowest BCUT2D eigenvalue weighted by Crippen LogP contribution is -2.34. The molecule has 0 atom stereocenters. The summed E-state index contributed by atoms with van der Waals surface area (Å²) in [5.74, 6) is -0.0243. The zero-order valence-corrected chi connectivity index (χ0v) is 15.6. The fourth-order valence-corrected chi connectivity index (χ4v) is 3.19. The average molecular weight is 345 g/mol. The molecule has 2 amide bonds. The van der Waals surface area contributed by atoms with Crippen LogP contribution < -0.4 is 15.1 Å². The van der Waals surface area contributed by atoms with Gasteiger partial charge in [-0.1, -0.05) is 19.8 Å². The van der Waals surface area contributed by atoms with Gasteiger partial charge in [-0.2, -0.15) is 0 Å². The fraction of sp³-hybridized carbons (Fsp3) is 0.600. The Morgan fingerprint density at radius 3 is 2.40 bits per heavy atom. The number of carbonyl (C=O) groups excluding carboxylic acids is 2. The molecule has 1 saturated heterocycles. The van der Waals surface area contributed by atoms with Gasteiger partial charge in [0.1, 0.15) is 0 Å². The highest BCUT2D eigenvalue weighted by Gasteiger charge is 2.15. The van der Waals surface area contributed by atoms with Gasteiger partial charge in [0.2, 0.25) is 11.8 Å². The summed E-state index contributed by atoms with van der Waals surface area (Å²) in [5.41, 5.74) is 2.06. The number of nitrogens with one attached hydrogen (secondary N) is 1. The van der Waals surface area contributed by atoms with Crippen LogP contribution in [-0.2, 0) is 9.59 Å². The van der Waals surface area contributed by atoms with Crippen molar-refractivity contribution in [3.05, 3.63) is 24.3 Å². The molecule has 1 fully saturated rings. The third kappa shape index (κ3) is 6.07. The minimum atomic E-state index is -0.0345. The van der Waals surface area contributed by atoms with Crippen molar-refractivity contribution in [3.8, 4) is 0 Å². The summed E-state index contributed by atoms with van der Waals surface area (Å²) < 4.78 is 0. The molecular weight excluding hydrogens is 314 g/mol. The summed E-state index contributed by atoms with van der Waals surface area (Å²) in [6.45, 7) is 7.03. The van der Waals surface area contributed by atoms with E-state index in [4.69, 9.17) is 0 Å². The lowest BCUT2D eigenvalue weighted by molar-refractivity contribution is -0.121. The highest BCUT2D eigenvalue weighted by atomic mass is 16.2. The molecule has 5 heteroatoms. The van der Waals surface area contributed by atoms with Gasteiger partial charge in [0, 0.05) is 50.9 Å². The molecule has 0 aliphatic carbocycles. The predicted octanol–water partition coefficient (Wildman–Crippen LogP) is 3.34. The Balaban J connectivity index is 1.87. The van der Waals surface area contributed by atoms with Crippen molar-refractivity contribution in [1.29, 1.82) is 0 Å². The second-order valence-corrected chi connectivity index (χ2v) is 6.69. The summed E-state index contributed by atoms with van der Waals surface area (Å²) in [4.78, 5) is 28.0. The molecule has 1 aliphatic heterocycles. The zero-order valence-electron chi connectivity index (χ0n) is 15.6. The van der Waals surface area contributed by atoms with Gasteiger partial charge in [-0.15, -0.1) is 0 Å². The smallest absolute Gasteiger partial charge is 0.223 e. The third-order valence-corrected chi connectivity index (χ3v) is 4.68. The first-order chi connectivity index (χ1) is 12.1. The maximum atomic E-state index is 12.0. The molecule has 138 valence electrons. The Morgan fingerprint density at radius 1 is 1.12 bits per heavy atom. The van der Waals surface area contributed by atoms with Crippen molar-refractivity contribution < 1.29 is 9.59 Å². The largest absolute Gasteiger partial charge is 0.372 e. The molecule has 5 nitrogen and oxygen atoms in total. The lowest BCUT2D eigenvalue weighted by Gasteiger charge is -2.23. The Labute approximate surface area is 151 Å². The second kappa shape index (κ2) is 10.1. The quantitative estimate of drug-likeness (QED) is 0.699. The van der Waals surface area contributed by atoms with Crippen LogP contribution in [-0.4, -0.2) is 38.0 Å². The van der Waals surface area contributed by atoms with Crippen LogP contribution in [0.15, 0.2) is 24.3 Å². The van der Waals surface area contributed by atoms with E-state index in [0.717, 1.165) is 44.6 Å². The molecule has 1 aliphatic rings. The fourth-order valence-electron chi connectivity index (χ4n) is 3.19. The Morgan fingerprint density at radius 2 is 1.80 bits per heavy atom. The van der Waals surface area contributed by atoms with Crippen LogP contribution in [0.3, 0.4) is 0 Å². The number of hydrogen-bond donors (Lipinski definition) is 1. The Bertz CT molecular complexity index is 551. The van der Waals surface area contributed by atoms with Gasteiger partial charge in [-0.05, 0) is 43.5 Å². The highest BCUT2D eigenvalue weighted by Crippen LogP contribution is 2.24. The van der Waals surface area contributed by atoms with Crippen LogP contribution in [0.4, 0.5) is 11.4 Å². The maximum Gasteiger partial charge on any atom is 0.223 e. The zero-order chi connectivity index (χ0) is 18.1. The van der Waals surface area contributed by atoms with Gasteiger partial charge < -0.3 is 15.1 Å². The Kier molecular flexibility index (Phi) is 7.76. The minimum absolute atomic E-state index is 0.0102. The first-order valence-corrected chi connectivity index (χ1v) is 9.51. The van der Waals surface area contributed by atoms with Gasteiger partial charge in [-0.25, -0.2) is 0 Å². The predicted molar refractivity (Wildman–Crippen MR) is 103 cm³/mol. The van der Waals surface area contributed by atoms with Crippen LogP contribution in [0.1, 0.15) is 52.4 Å². The number of hydrogen-bond acceptors (Lipinski definition) is 3. The van der Waals surface area contributed by atoms with Crippen molar-refractivity contribution in [2.45, 2.75) is 52.4 Å². The molecular formula is C20H31N3O2. The van der Waals surface area contributed by atoms with Crippen LogP contribution >= 0.6 is 0 Å². The third-order valence-electron chi connectivity index (χ3n) is 4.68. The molecule has 1 aromatic rings. The van der Waals surface area contributed by atoms with Crippen molar-refractivity contribution >= 4 is 23.2 Å². The molecule has 25 heavy (non-hydrogen) atoms. The number of anilines is 2. The van der Waals surface area contributed by atoms with Gasteiger partial charge >= 0.3 is 0 Å². The molecule has 2 rings (SSSR count). The average Bonchev–Trinajstić information content (AvgIpc) is 3.14. The standard InChI is InChI=1S/C20H31N3O2/c1-3-4-5-13-21-20(25)12-16-23(17(2)24)19-10-8-18(9-11-19)22-14-6-7-15-22/h8-11H,3-7,12-16H2,1-2H3,(H,21,25). The minimum Gasteiger partial charge on any atom is -0.372 e. The summed E-state index contributed by atoms with van der Waals surface area (Å²) >= 11 is 0. The maximum absolute atomic E-state index is 12.0. The van der Waals surface area contributed by atoms with E-state index in [9.17, 15) is 9.59 Å². The van der Waals surface area contributed by atoms with Gasteiger partial charge in [0.05, 0.1) is 0 Å². The van der Waals surface area contributed by atoms with E-state index in [1.54, 1.807) is 11.8 Å². The SMILES string of the molecule is CCCCCNC(=O)CCN(C(C)=O)c1ccc(N2CCCC2)cc1. The Hall–Kier alpha value is -2.04. The van der Waals surface area contributed by atoms with E-state index in [-0.39, 0.29) is 11.8 Å². The monoisotopic (exact) mass is 345 g/mol. The first kappa shape index (κ1) is 19.3. The van der Waals surface area contributed by atoms with Crippen LogP contribution in [0.25, 0.3) is 0 Å². The molecule has 1 N–H and O–H groups in total.